The highest BCUT2D eigenvalue weighted by Crippen LogP contribution is 2.40. The van der Waals surface area contributed by atoms with E-state index in [9.17, 15) is 9.59 Å². The number of rotatable bonds is 6. The van der Waals surface area contributed by atoms with Gasteiger partial charge in [0.25, 0.3) is 5.91 Å². The van der Waals surface area contributed by atoms with Gasteiger partial charge in [-0.2, -0.15) is 0 Å². The summed E-state index contributed by atoms with van der Waals surface area (Å²) >= 11 is 0.987. The molecule has 0 spiro atoms. The summed E-state index contributed by atoms with van der Waals surface area (Å²) in [7, 11) is 4.57. The Morgan fingerprint density at radius 3 is 2.42 bits per heavy atom. The third kappa shape index (κ3) is 4.08. The maximum absolute atomic E-state index is 12.5. The minimum atomic E-state index is -0.363. The van der Waals surface area contributed by atoms with Crippen LogP contribution in [0.3, 0.4) is 0 Å². The third-order valence-corrected chi connectivity index (χ3v) is 5.44. The molecule has 0 unspecified atom stereocenters. The number of hydrogen-bond donors (Lipinski definition) is 2. The summed E-state index contributed by atoms with van der Waals surface area (Å²) in [5.74, 6) is 1.47. The van der Waals surface area contributed by atoms with Crippen molar-refractivity contribution in [2.45, 2.75) is 0 Å². The van der Waals surface area contributed by atoms with Crippen LogP contribution in [0.1, 0.15) is 4.88 Å². The van der Waals surface area contributed by atoms with E-state index >= 15 is 0 Å². The van der Waals surface area contributed by atoms with Crippen LogP contribution in [0.25, 0.3) is 12.2 Å². The predicted molar refractivity (Wildman–Crippen MR) is 119 cm³/mol. The molecule has 4 rings (SSSR count). The van der Waals surface area contributed by atoms with Gasteiger partial charge < -0.3 is 19.5 Å². The largest absolute Gasteiger partial charge is 0.493 e. The van der Waals surface area contributed by atoms with Gasteiger partial charge in [-0.15, -0.1) is 0 Å². The molecule has 9 heteroatoms. The van der Waals surface area contributed by atoms with Crippen LogP contribution in [0.4, 0.5) is 11.5 Å². The molecule has 2 aromatic carbocycles. The second kappa shape index (κ2) is 8.49. The molecule has 0 radical (unpaired) electrons. The molecule has 2 heterocycles. The zero-order valence-corrected chi connectivity index (χ0v) is 17.8. The van der Waals surface area contributed by atoms with Crippen molar-refractivity contribution in [2.75, 3.05) is 26.6 Å². The van der Waals surface area contributed by atoms with Crippen LogP contribution in [-0.2, 0) is 4.79 Å². The van der Waals surface area contributed by atoms with Crippen molar-refractivity contribution in [3.8, 4) is 17.2 Å². The molecule has 2 N–H and O–H groups in total. The fourth-order valence-corrected chi connectivity index (χ4v) is 3.93. The summed E-state index contributed by atoms with van der Waals surface area (Å²) in [6.07, 6.45) is 3.41. The summed E-state index contributed by atoms with van der Waals surface area (Å²) in [5, 5.41) is 4.63. The average molecular weight is 437 g/mol. The normalized spacial score (nSPS) is 13.8. The van der Waals surface area contributed by atoms with Crippen molar-refractivity contribution in [3.05, 3.63) is 67.1 Å². The summed E-state index contributed by atoms with van der Waals surface area (Å²) < 4.78 is 16.1. The summed E-state index contributed by atoms with van der Waals surface area (Å²) in [6, 6.07) is 10.8. The number of carbonyl (C=O) groups is 1. The van der Waals surface area contributed by atoms with Crippen LogP contribution in [0, 0.1) is 0 Å². The van der Waals surface area contributed by atoms with E-state index in [-0.39, 0.29) is 10.8 Å². The van der Waals surface area contributed by atoms with E-state index in [2.05, 4.69) is 15.3 Å². The smallest absolute Gasteiger partial charge is 0.306 e. The Balaban J connectivity index is 1.74. The van der Waals surface area contributed by atoms with Gasteiger partial charge in [-0.25, -0.2) is 4.99 Å². The molecule has 0 aliphatic carbocycles. The molecule has 1 amide bonds. The molecule has 8 nitrogen and oxygen atoms in total. The lowest BCUT2D eigenvalue weighted by molar-refractivity contribution is -0.114. The Hall–Kier alpha value is -3.85. The van der Waals surface area contributed by atoms with Gasteiger partial charge in [-0.1, -0.05) is 29.5 Å². The van der Waals surface area contributed by atoms with Crippen LogP contribution in [0.5, 0.6) is 17.2 Å². The SMILES string of the molecule is COc1cc(Nc2[nH]c(=O)sc2C=C2C=c3ccccc3=NC2=O)cc(OC)c1OC. The van der Waals surface area contributed by atoms with Crippen molar-refractivity contribution in [3.63, 3.8) is 0 Å². The number of fused-ring (bicyclic) bond motifs is 1. The number of hydrogen-bond acceptors (Lipinski definition) is 7. The molecule has 1 aliphatic heterocycles. The molecule has 158 valence electrons. The van der Waals surface area contributed by atoms with E-state index in [0.29, 0.717) is 44.6 Å². The van der Waals surface area contributed by atoms with E-state index in [0.717, 1.165) is 16.6 Å². The van der Waals surface area contributed by atoms with Crippen molar-refractivity contribution in [1.82, 2.24) is 4.98 Å². The Kier molecular flexibility index (Phi) is 5.59. The molecule has 1 aromatic heterocycles. The Morgan fingerprint density at radius 1 is 1.03 bits per heavy atom. The van der Waals surface area contributed by atoms with Crippen molar-refractivity contribution in [2.24, 2.45) is 4.99 Å². The van der Waals surface area contributed by atoms with Crippen molar-refractivity contribution >= 4 is 40.9 Å². The van der Waals surface area contributed by atoms with Crippen LogP contribution in [0.2, 0.25) is 0 Å². The first-order valence-corrected chi connectivity index (χ1v) is 10.1. The van der Waals surface area contributed by atoms with Gasteiger partial charge in [0.2, 0.25) is 5.75 Å². The molecule has 1 aliphatic rings. The first-order valence-electron chi connectivity index (χ1n) is 9.24. The van der Waals surface area contributed by atoms with E-state index in [1.807, 2.05) is 18.2 Å². The lowest BCUT2D eigenvalue weighted by Gasteiger charge is -2.15. The molecule has 0 fully saturated rings. The summed E-state index contributed by atoms with van der Waals surface area (Å²) in [6.45, 7) is 0. The van der Waals surface area contributed by atoms with Gasteiger partial charge in [0.15, 0.2) is 11.5 Å². The number of amides is 1. The van der Waals surface area contributed by atoms with Gasteiger partial charge in [0.1, 0.15) is 5.82 Å². The zero-order valence-electron chi connectivity index (χ0n) is 17.0. The number of benzene rings is 2. The topological polar surface area (TPSA) is 102 Å². The highest BCUT2D eigenvalue weighted by atomic mass is 32.1. The Bertz CT molecular complexity index is 1350. The van der Waals surface area contributed by atoms with E-state index in [4.69, 9.17) is 14.2 Å². The molecule has 3 aromatic rings. The number of aromatic amines is 1. The van der Waals surface area contributed by atoms with Crippen LogP contribution >= 0.6 is 11.3 Å². The van der Waals surface area contributed by atoms with Gasteiger partial charge in [0.05, 0.1) is 31.6 Å². The zero-order chi connectivity index (χ0) is 22.0. The predicted octanol–water partition coefficient (Wildman–Crippen LogP) is 2.23. The van der Waals surface area contributed by atoms with Crippen LogP contribution in [-0.4, -0.2) is 32.2 Å². The second-order valence-electron chi connectivity index (χ2n) is 6.51. The van der Waals surface area contributed by atoms with E-state index in [1.54, 1.807) is 30.4 Å². The molecular formula is C22H19N3O5S. The number of H-pyrrole nitrogens is 1. The number of carbonyl (C=O) groups excluding carboxylic acids is 1. The number of para-hydroxylation sites is 1. The van der Waals surface area contributed by atoms with E-state index in [1.165, 1.54) is 21.3 Å². The fourth-order valence-electron chi connectivity index (χ4n) is 3.19. The summed E-state index contributed by atoms with van der Waals surface area (Å²) in [4.78, 5) is 31.7. The van der Waals surface area contributed by atoms with Gasteiger partial charge in [-0.3, -0.25) is 14.6 Å². The third-order valence-electron chi connectivity index (χ3n) is 4.61. The standard InChI is InChI=1S/C22H19N3O5S/c1-28-16-10-14(11-17(29-2)19(16)30-3)23-20-18(31-22(27)25-20)9-13-8-12-6-4-5-7-15(12)24-21(13)26/h4-11,23H,1-3H3,(H,25,27). The first kappa shape index (κ1) is 20.4. The fraction of sp³-hybridized carbons (Fsp3) is 0.136. The molecule has 0 atom stereocenters. The number of methoxy groups -OCH3 is 3. The molecule has 0 saturated heterocycles. The monoisotopic (exact) mass is 437 g/mol. The van der Waals surface area contributed by atoms with Gasteiger partial charge in [-0.05, 0) is 18.2 Å². The number of nitrogens with one attached hydrogen (secondary N) is 2. The van der Waals surface area contributed by atoms with Crippen molar-refractivity contribution in [1.29, 1.82) is 0 Å². The molecule has 0 bridgehead atoms. The summed E-state index contributed by atoms with van der Waals surface area (Å²) in [5.41, 5.74) is 0.999. The lowest BCUT2D eigenvalue weighted by atomic mass is 10.1. The minimum absolute atomic E-state index is 0.262. The quantitative estimate of drug-likeness (QED) is 0.574. The highest BCUT2D eigenvalue weighted by molar-refractivity contribution is 7.10. The molecule has 31 heavy (non-hydrogen) atoms. The Labute approximate surface area is 181 Å². The number of nitrogens with zero attached hydrogens (tertiary/aromatic N) is 1. The van der Waals surface area contributed by atoms with Crippen LogP contribution < -0.4 is 35.0 Å². The maximum atomic E-state index is 12.5. The molecule has 0 saturated carbocycles. The molecular weight excluding hydrogens is 418 g/mol. The van der Waals surface area contributed by atoms with E-state index < -0.39 is 0 Å². The van der Waals surface area contributed by atoms with Crippen LogP contribution in [0.15, 0.2) is 51.8 Å². The van der Waals surface area contributed by atoms with Gasteiger partial charge >= 0.3 is 4.87 Å². The Morgan fingerprint density at radius 2 is 1.74 bits per heavy atom. The van der Waals surface area contributed by atoms with Crippen molar-refractivity contribution < 1.29 is 19.0 Å². The first-order chi connectivity index (χ1) is 15.0. The minimum Gasteiger partial charge on any atom is -0.493 e. The van der Waals surface area contributed by atoms with Gasteiger partial charge in [0, 0.05) is 28.6 Å². The second-order valence-corrected chi connectivity index (χ2v) is 7.53. The highest BCUT2D eigenvalue weighted by Gasteiger charge is 2.16. The number of aromatic nitrogens is 1. The lowest BCUT2D eigenvalue weighted by Crippen LogP contribution is -2.29. The maximum Gasteiger partial charge on any atom is 0.306 e. The average Bonchev–Trinajstić information content (AvgIpc) is 3.11. The number of thiazole rings is 1. The number of ether oxygens (including phenoxy) is 3. The number of anilines is 2.